The Morgan fingerprint density at radius 3 is 2.93 bits per heavy atom. The van der Waals surface area contributed by atoms with Crippen LogP contribution in [-0.2, 0) is 0 Å². The third-order valence-electron chi connectivity index (χ3n) is 5.19. The van der Waals surface area contributed by atoms with Crippen LogP contribution in [0.1, 0.15) is 23.2 Å². The fourth-order valence-electron chi connectivity index (χ4n) is 3.63. The number of fused-ring (bicyclic) bond motifs is 1. The third-order valence-corrected chi connectivity index (χ3v) is 6.09. The lowest BCUT2D eigenvalue weighted by molar-refractivity contribution is 0.0931. The van der Waals surface area contributed by atoms with Crippen molar-refractivity contribution >= 4 is 34.1 Å². The number of amides is 1. The molecular formula is C20H20N6OS. The van der Waals surface area contributed by atoms with Crippen LogP contribution < -0.4 is 10.2 Å². The van der Waals surface area contributed by atoms with Crippen LogP contribution in [0.25, 0.3) is 21.6 Å². The highest BCUT2D eigenvalue weighted by molar-refractivity contribution is 7.13. The molecule has 0 bridgehead atoms. The van der Waals surface area contributed by atoms with Crippen LogP contribution >= 0.6 is 11.3 Å². The lowest BCUT2D eigenvalue weighted by atomic mass is 10.0. The van der Waals surface area contributed by atoms with Crippen molar-refractivity contribution in [1.82, 2.24) is 25.5 Å². The van der Waals surface area contributed by atoms with Gasteiger partial charge in [-0.15, -0.1) is 11.3 Å². The summed E-state index contributed by atoms with van der Waals surface area (Å²) in [5.41, 5.74) is 3.45. The second kappa shape index (κ2) is 7.12. The minimum absolute atomic E-state index is 0.0327. The topological polar surface area (TPSA) is 89.7 Å². The average Bonchev–Trinajstić information content (AvgIpc) is 3.48. The molecule has 142 valence electrons. The Labute approximate surface area is 165 Å². The van der Waals surface area contributed by atoms with Crippen molar-refractivity contribution in [2.75, 3.05) is 18.0 Å². The fourth-order valence-corrected chi connectivity index (χ4v) is 4.32. The van der Waals surface area contributed by atoms with E-state index in [0.29, 0.717) is 5.56 Å². The number of imidazole rings is 1. The molecule has 1 fully saturated rings. The number of hydrogen-bond acceptors (Lipinski definition) is 5. The molecule has 4 aromatic rings. The van der Waals surface area contributed by atoms with Crippen molar-refractivity contribution in [1.29, 1.82) is 0 Å². The van der Waals surface area contributed by atoms with Gasteiger partial charge in [-0.05, 0) is 42.5 Å². The largest absolute Gasteiger partial charge is 0.355 e. The Morgan fingerprint density at radius 1 is 1.21 bits per heavy atom. The van der Waals surface area contributed by atoms with E-state index >= 15 is 0 Å². The molecule has 7 nitrogen and oxygen atoms in total. The quantitative estimate of drug-likeness (QED) is 0.496. The number of piperidine rings is 1. The first-order valence-corrected chi connectivity index (χ1v) is 10.2. The van der Waals surface area contributed by atoms with Gasteiger partial charge in [-0.25, -0.2) is 4.98 Å². The summed E-state index contributed by atoms with van der Waals surface area (Å²) in [5, 5.41) is 12.8. The molecule has 4 heterocycles. The van der Waals surface area contributed by atoms with Gasteiger partial charge >= 0.3 is 0 Å². The standard InChI is InChI=1S/C20H20N6OS/c27-20(13-3-4-15-16(10-13)22-12-21-15)23-14-5-7-26(8-6-14)19-11-17(24-25-19)18-2-1-9-28-18/h1-4,9-12,14H,5-8H2,(H,21,22)(H,23,27)(H,24,25). The Balaban J connectivity index is 1.19. The van der Waals surface area contributed by atoms with Gasteiger partial charge in [0, 0.05) is 30.8 Å². The van der Waals surface area contributed by atoms with Crippen LogP contribution in [-0.4, -0.2) is 45.2 Å². The molecule has 1 aromatic carbocycles. The van der Waals surface area contributed by atoms with Crippen molar-refractivity contribution in [3.05, 3.63) is 53.7 Å². The van der Waals surface area contributed by atoms with E-state index in [1.165, 1.54) is 4.88 Å². The van der Waals surface area contributed by atoms with Crippen molar-refractivity contribution in [3.63, 3.8) is 0 Å². The van der Waals surface area contributed by atoms with Gasteiger partial charge in [-0.2, -0.15) is 5.10 Å². The summed E-state index contributed by atoms with van der Waals surface area (Å²) in [4.78, 5) is 23.3. The summed E-state index contributed by atoms with van der Waals surface area (Å²) >= 11 is 1.70. The molecule has 8 heteroatoms. The summed E-state index contributed by atoms with van der Waals surface area (Å²) < 4.78 is 0. The lowest BCUT2D eigenvalue weighted by Gasteiger charge is -2.32. The van der Waals surface area contributed by atoms with E-state index in [1.807, 2.05) is 24.3 Å². The van der Waals surface area contributed by atoms with Gasteiger partial charge in [0.2, 0.25) is 0 Å². The number of nitrogens with zero attached hydrogens (tertiary/aromatic N) is 3. The first kappa shape index (κ1) is 17.0. The number of rotatable bonds is 4. The van der Waals surface area contributed by atoms with Crippen LogP contribution in [0, 0.1) is 0 Å². The molecule has 1 saturated heterocycles. The predicted octanol–water partition coefficient (Wildman–Crippen LogP) is 3.41. The summed E-state index contributed by atoms with van der Waals surface area (Å²) in [6.07, 6.45) is 3.44. The minimum atomic E-state index is -0.0327. The Hall–Kier alpha value is -3.13. The maximum Gasteiger partial charge on any atom is 0.251 e. The minimum Gasteiger partial charge on any atom is -0.355 e. The van der Waals surface area contributed by atoms with Crippen molar-refractivity contribution in [3.8, 4) is 10.6 Å². The number of nitrogens with one attached hydrogen (secondary N) is 3. The van der Waals surface area contributed by atoms with Gasteiger partial charge in [0.05, 0.1) is 27.9 Å². The molecule has 0 radical (unpaired) electrons. The van der Waals surface area contributed by atoms with Gasteiger partial charge in [0.15, 0.2) is 5.82 Å². The predicted molar refractivity (Wildman–Crippen MR) is 111 cm³/mol. The van der Waals surface area contributed by atoms with Crippen molar-refractivity contribution in [2.24, 2.45) is 0 Å². The van der Waals surface area contributed by atoms with Gasteiger partial charge in [0.1, 0.15) is 0 Å². The van der Waals surface area contributed by atoms with E-state index in [2.05, 4.69) is 47.9 Å². The second-order valence-corrected chi connectivity index (χ2v) is 7.93. The highest BCUT2D eigenvalue weighted by atomic mass is 32.1. The molecule has 0 atom stereocenters. The molecule has 3 N–H and O–H groups in total. The van der Waals surface area contributed by atoms with Crippen LogP contribution in [0.2, 0.25) is 0 Å². The number of H-pyrrole nitrogens is 2. The number of thiophene rings is 1. The molecule has 5 rings (SSSR count). The fraction of sp³-hybridized carbons (Fsp3) is 0.250. The van der Waals surface area contributed by atoms with Gasteiger partial charge in [0.25, 0.3) is 5.91 Å². The number of anilines is 1. The van der Waals surface area contributed by atoms with Crippen molar-refractivity contribution < 1.29 is 4.79 Å². The number of aromatic nitrogens is 4. The first-order valence-electron chi connectivity index (χ1n) is 9.34. The monoisotopic (exact) mass is 392 g/mol. The van der Waals surface area contributed by atoms with Crippen LogP contribution in [0.15, 0.2) is 48.1 Å². The number of carbonyl (C=O) groups is 1. The van der Waals surface area contributed by atoms with Gasteiger partial charge < -0.3 is 15.2 Å². The van der Waals surface area contributed by atoms with Crippen LogP contribution in [0.4, 0.5) is 5.82 Å². The zero-order valence-electron chi connectivity index (χ0n) is 15.2. The lowest BCUT2D eigenvalue weighted by Crippen LogP contribution is -2.44. The molecule has 1 aliphatic rings. The number of benzene rings is 1. The SMILES string of the molecule is O=C(NC1CCN(c2cc(-c3cccs3)[nH]n2)CC1)c1ccc2nc[nH]c2c1. The number of hydrogen-bond donors (Lipinski definition) is 3. The Kier molecular flexibility index (Phi) is 4.32. The normalized spacial score (nSPS) is 15.2. The molecule has 28 heavy (non-hydrogen) atoms. The smallest absolute Gasteiger partial charge is 0.251 e. The zero-order valence-corrected chi connectivity index (χ0v) is 16.0. The first-order chi connectivity index (χ1) is 13.8. The van der Waals surface area contributed by atoms with E-state index in [-0.39, 0.29) is 11.9 Å². The van der Waals surface area contributed by atoms with E-state index in [1.54, 1.807) is 17.7 Å². The van der Waals surface area contributed by atoms with Gasteiger partial charge in [-0.1, -0.05) is 6.07 Å². The highest BCUT2D eigenvalue weighted by Crippen LogP contribution is 2.27. The third kappa shape index (κ3) is 3.27. The Morgan fingerprint density at radius 2 is 2.11 bits per heavy atom. The maximum absolute atomic E-state index is 12.6. The maximum atomic E-state index is 12.6. The van der Waals surface area contributed by atoms with Crippen LogP contribution in [0.3, 0.4) is 0 Å². The molecule has 0 unspecified atom stereocenters. The van der Waals surface area contributed by atoms with E-state index < -0.39 is 0 Å². The summed E-state index contributed by atoms with van der Waals surface area (Å²) in [6, 6.07) is 11.9. The molecule has 0 aliphatic carbocycles. The molecule has 1 amide bonds. The van der Waals surface area contributed by atoms with E-state index in [4.69, 9.17) is 0 Å². The summed E-state index contributed by atoms with van der Waals surface area (Å²) in [7, 11) is 0. The highest BCUT2D eigenvalue weighted by Gasteiger charge is 2.23. The number of aromatic amines is 2. The molecule has 3 aromatic heterocycles. The molecule has 1 aliphatic heterocycles. The van der Waals surface area contributed by atoms with Crippen LogP contribution in [0.5, 0.6) is 0 Å². The van der Waals surface area contributed by atoms with Crippen molar-refractivity contribution in [2.45, 2.75) is 18.9 Å². The zero-order chi connectivity index (χ0) is 18.9. The molecular weight excluding hydrogens is 372 g/mol. The van der Waals surface area contributed by atoms with Gasteiger partial charge in [-0.3, -0.25) is 9.89 Å². The molecule has 0 spiro atoms. The summed E-state index contributed by atoms with van der Waals surface area (Å²) in [5.74, 6) is 0.938. The summed E-state index contributed by atoms with van der Waals surface area (Å²) in [6.45, 7) is 1.75. The molecule has 0 saturated carbocycles. The average molecular weight is 392 g/mol. The second-order valence-electron chi connectivity index (χ2n) is 6.99. The van der Waals surface area contributed by atoms with E-state index in [9.17, 15) is 4.79 Å². The Bertz CT molecular complexity index is 1090. The van der Waals surface area contributed by atoms with E-state index in [0.717, 1.165) is 48.5 Å². The number of carbonyl (C=O) groups excluding carboxylic acids is 1.